The van der Waals surface area contributed by atoms with Crippen LogP contribution in [0.1, 0.15) is 41.9 Å². The fraction of sp³-hybridized carbons (Fsp3) is 0.500. The molecule has 2 rings (SSSR count). The van der Waals surface area contributed by atoms with E-state index in [0.717, 1.165) is 5.56 Å². The molecule has 15 heavy (non-hydrogen) atoms. The minimum Gasteiger partial charge on any atom is -0.427 e. The summed E-state index contributed by atoms with van der Waals surface area (Å²) in [6, 6.07) is 1.38. The van der Waals surface area contributed by atoms with Crippen LogP contribution in [0.15, 0.2) is 15.3 Å². The van der Waals surface area contributed by atoms with Gasteiger partial charge in [-0.25, -0.2) is 4.79 Å². The Bertz CT molecular complexity index is 480. The van der Waals surface area contributed by atoms with Crippen molar-refractivity contribution < 1.29 is 9.21 Å². The molecule has 0 spiro atoms. The Morgan fingerprint density at radius 3 is 2.60 bits per heavy atom. The second-order valence-electron chi connectivity index (χ2n) is 4.99. The molecule has 3 nitrogen and oxygen atoms in total. The Morgan fingerprint density at radius 1 is 1.27 bits per heavy atom. The van der Waals surface area contributed by atoms with Crippen LogP contribution in [-0.2, 0) is 6.42 Å². The molecule has 0 atom stereocenters. The summed E-state index contributed by atoms with van der Waals surface area (Å²) in [6.45, 7) is 5.80. The summed E-state index contributed by atoms with van der Waals surface area (Å²) < 4.78 is 5.11. The summed E-state index contributed by atoms with van der Waals surface area (Å²) in [4.78, 5) is 23.1. The normalized spacial score (nSPS) is 18.7. The van der Waals surface area contributed by atoms with E-state index < -0.39 is 0 Å². The third-order valence-electron chi connectivity index (χ3n) is 2.79. The first-order valence-electron chi connectivity index (χ1n) is 5.06. The predicted molar refractivity (Wildman–Crippen MR) is 56.1 cm³/mol. The van der Waals surface area contributed by atoms with Gasteiger partial charge < -0.3 is 4.42 Å². The van der Waals surface area contributed by atoms with Crippen LogP contribution >= 0.6 is 0 Å². The third-order valence-corrected chi connectivity index (χ3v) is 2.79. The van der Waals surface area contributed by atoms with Gasteiger partial charge in [-0.2, -0.15) is 0 Å². The molecule has 1 aliphatic carbocycles. The van der Waals surface area contributed by atoms with Crippen molar-refractivity contribution in [2.75, 3.05) is 0 Å². The molecule has 1 aromatic heterocycles. The molecule has 1 heterocycles. The van der Waals surface area contributed by atoms with Gasteiger partial charge in [-0.15, -0.1) is 0 Å². The van der Waals surface area contributed by atoms with Crippen LogP contribution in [0.3, 0.4) is 0 Å². The van der Waals surface area contributed by atoms with Crippen molar-refractivity contribution in [3.8, 4) is 0 Å². The van der Waals surface area contributed by atoms with Gasteiger partial charge in [-0.1, -0.05) is 13.8 Å². The number of fused-ring (bicyclic) bond motifs is 1. The van der Waals surface area contributed by atoms with E-state index in [9.17, 15) is 9.59 Å². The van der Waals surface area contributed by atoms with Crippen LogP contribution < -0.4 is 5.63 Å². The van der Waals surface area contributed by atoms with Crippen molar-refractivity contribution in [2.45, 2.75) is 33.6 Å². The fourth-order valence-electron chi connectivity index (χ4n) is 2.19. The van der Waals surface area contributed by atoms with Crippen LogP contribution in [0.5, 0.6) is 0 Å². The SMILES string of the molecule is Cc1cc(=O)oc2c1C(=O)CC(C)(C)C2. The van der Waals surface area contributed by atoms with Crippen molar-refractivity contribution in [3.05, 3.63) is 33.4 Å². The molecule has 0 bridgehead atoms. The van der Waals surface area contributed by atoms with Gasteiger partial charge in [0, 0.05) is 18.9 Å². The highest BCUT2D eigenvalue weighted by atomic mass is 16.4. The molecule has 3 heteroatoms. The van der Waals surface area contributed by atoms with Crippen LogP contribution in [0, 0.1) is 12.3 Å². The number of carbonyl (C=O) groups is 1. The van der Waals surface area contributed by atoms with Gasteiger partial charge >= 0.3 is 5.63 Å². The molecule has 1 aliphatic rings. The van der Waals surface area contributed by atoms with Gasteiger partial charge in [0.2, 0.25) is 0 Å². The highest BCUT2D eigenvalue weighted by Gasteiger charge is 2.33. The first-order valence-corrected chi connectivity index (χ1v) is 5.06. The Balaban J connectivity index is 2.65. The van der Waals surface area contributed by atoms with Crippen LogP contribution in [-0.4, -0.2) is 5.78 Å². The predicted octanol–water partition coefficient (Wildman–Crippen LogP) is 2.10. The Morgan fingerprint density at radius 2 is 1.93 bits per heavy atom. The Labute approximate surface area is 88.1 Å². The van der Waals surface area contributed by atoms with Crippen molar-refractivity contribution in [1.82, 2.24) is 0 Å². The molecule has 80 valence electrons. The lowest BCUT2D eigenvalue weighted by Gasteiger charge is -2.29. The Kier molecular flexibility index (Phi) is 2.07. The van der Waals surface area contributed by atoms with Gasteiger partial charge in [0.25, 0.3) is 0 Å². The van der Waals surface area contributed by atoms with Gasteiger partial charge in [0.15, 0.2) is 5.78 Å². The van der Waals surface area contributed by atoms with E-state index in [-0.39, 0.29) is 16.8 Å². The van der Waals surface area contributed by atoms with Gasteiger partial charge in [-0.3, -0.25) is 4.79 Å². The smallest absolute Gasteiger partial charge is 0.336 e. The molecule has 0 saturated heterocycles. The van der Waals surface area contributed by atoms with Crippen molar-refractivity contribution in [2.24, 2.45) is 5.41 Å². The number of aryl methyl sites for hydroxylation is 1. The van der Waals surface area contributed by atoms with Gasteiger partial charge in [-0.05, 0) is 17.9 Å². The quantitative estimate of drug-likeness (QED) is 0.653. The largest absolute Gasteiger partial charge is 0.427 e. The van der Waals surface area contributed by atoms with E-state index in [1.54, 1.807) is 6.92 Å². The monoisotopic (exact) mass is 206 g/mol. The summed E-state index contributed by atoms with van der Waals surface area (Å²) in [5.74, 6) is 0.642. The van der Waals surface area contributed by atoms with E-state index >= 15 is 0 Å². The average molecular weight is 206 g/mol. The van der Waals surface area contributed by atoms with E-state index in [1.165, 1.54) is 6.07 Å². The van der Waals surface area contributed by atoms with E-state index in [2.05, 4.69) is 0 Å². The van der Waals surface area contributed by atoms with Crippen LogP contribution in [0.2, 0.25) is 0 Å². The minimum absolute atomic E-state index is 0.0856. The number of hydrogen-bond donors (Lipinski definition) is 0. The molecule has 0 aromatic carbocycles. The lowest BCUT2D eigenvalue weighted by Crippen LogP contribution is -2.28. The third kappa shape index (κ3) is 1.74. The molecule has 0 N–H and O–H groups in total. The first-order chi connectivity index (χ1) is 6.89. The molecule has 1 aromatic rings. The molecule has 0 saturated carbocycles. The second-order valence-corrected chi connectivity index (χ2v) is 4.99. The standard InChI is InChI=1S/C12H14O3/c1-7-4-10(14)15-9-6-12(2,3)5-8(13)11(7)9/h4H,5-6H2,1-3H3. The maximum atomic E-state index is 11.9. The lowest BCUT2D eigenvalue weighted by atomic mass is 9.75. The number of Topliss-reactive ketones (excluding diaryl/α,β-unsaturated/α-hetero) is 1. The van der Waals surface area contributed by atoms with E-state index in [4.69, 9.17) is 4.42 Å². The Hall–Kier alpha value is -1.38. The summed E-state index contributed by atoms with van der Waals surface area (Å²) in [6.07, 6.45) is 1.18. The number of hydrogen-bond acceptors (Lipinski definition) is 3. The van der Waals surface area contributed by atoms with Crippen molar-refractivity contribution in [3.63, 3.8) is 0 Å². The number of ketones is 1. The van der Waals surface area contributed by atoms with Crippen molar-refractivity contribution in [1.29, 1.82) is 0 Å². The van der Waals surface area contributed by atoms with Crippen LogP contribution in [0.25, 0.3) is 0 Å². The molecule has 0 radical (unpaired) electrons. The zero-order valence-electron chi connectivity index (χ0n) is 9.22. The first kappa shape index (κ1) is 10.1. The molecular formula is C12H14O3. The summed E-state index contributed by atoms with van der Waals surface area (Å²) in [5, 5.41) is 0. The van der Waals surface area contributed by atoms with Crippen molar-refractivity contribution >= 4 is 5.78 Å². The topological polar surface area (TPSA) is 47.3 Å². The molecule has 0 aliphatic heterocycles. The second kappa shape index (κ2) is 3.05. The highest BCUT2D eigenvalue weighted by Crippen LogP contribution is 2.34. The zero-order chi connectivity index (χ0) is 11.2. The summed E-state index contributed by atoms with van der Waals surface area (Å²) >= 11 is 0. The van der Waals surface area contributed by atoms with E-state index in [1.807, 2.05) is 13.8 Å². The van der Waals surface area contributed by atoms with Gasteiger partial charge in [0.1, 0.15) is 5.76 Å². The zero-order valence-corrected chi connectivity index (χ0v) is 9.22. The highest BCUT2D eigenvalue weighted by molar-refractivity contribution is 5.99. The lowest BCUT2D eigenvalue weighted by molar-refractivity contribution is 0.0896. The number of rotatable bonds is 0. The number of carbonyl (C=O) groups excluding carboxylic acids is 1. The fourth-order valence-corrected chi connectivity index (χ4v) is 2.19. The summed E-state index contributed by atoms with van der Waals surface area (Å²) in [7, 11) is 0. The molecule has 0 fully saturated rings. The van der Waals surface area contributed by atoms with Crippen LogP contribution in [0.4, 0.5) is 0 Å². The average Bonchev–Trinajstić information content (AvgIpc) is 1.97. The minimum atomic E-state index is -0.364. The van der Waals surface area contributed by atoms with Gasteiger partial charge in [0.05, 0.1) is 5.56 Å². The maximum absolute atomic E-state index is 11.9. The molecule has 0 unspecified atom stereocenters. The maximum Gasteiger partial charge on any atom is 0.336 e. The van der Waals surface area contributed by atoms with E-state index in [0.29, 0.717) is 24.2 Å². The molecule has 0 amide bonds. The molecular weight excluding hydrogens is 192 g/mol. The summed E-state index contributed by atoms with van der Waals surface area (Å²) in [5.41, 5.74) is 0.890.